The first kappa shape index (κ1) is 8.58. The van der Waals surface area contributed by atoms with Gasteiger partial charge in [-0.15, -0.1) is 0 Å². The van der Waals surface area contributed by atoms with Crippen LogP contribution in [-0.4, -0.2) is 0 Å². The smallest absolute Gasteiger partial charge is 0.151 e. The maximum Gasteiger partial charge on any atom is 0.151 e. The summed E-state index contributed by atoms with van der Waals surface area (Å²) in [5, 5.41) is 8.94. The Kier molecular flexibility index (Phi) is 2.08. The van der Waals surface area contributed by atoms with Gasteiger partial charge in [-0.05, 0) is 6.92 Å². The Labute approximate surface area is 82.4 Å². The fourth-order valence-corrected chi connectivity index (χ4v) is 1.39. The normalized spacial score (nSPS) is 9.71. The van der Waals surface area contributed by atoms with Gasteiger partial charge in [-0.2, -0.15) is 5.26 Å². The topological polar surface area (TPSA) is 36.9 Å². The third-order valence-corrected chi connectivity index (χ3v) is 2.12. The molecule has 0 radical (unpaired) electrons. The van der Waals surface area contributed by atoms with Gasteiger partial charge in [0.2, 0.25) is 0 Å². The predicted octanol–water partition coefficient (Wildman–Crippen LogP) is 3.13. The van der Waals surface area contributed by atoms with Crippen LogP contribution in [0.25, 0.3) is 11.3 Å². The minimum Gasteiger partial charge on any atom is -0.463 e. The third-order valence-electron chi connectivity index (χ3n) is 2.12. The summed E-state index contributed by atoms with van der Waals surface area (Å²) >= 11 is 0. The molecule has 0 aliphatic rings. The zero-order chi connectivity index (χ0) is 9.97. The van der Waals surface area contributed by atoms with Gasteiger partial charge in [0.1, 0.15) is 11.6 Å². The van der Waals surface area contributed by atoms with E-state index in [2.05, 4.69) is 6.07 Å². The molecule has 14 heavy (non-hydrogen) atoms. The first-order valence-electron chi connectivity index (χ1n) is 4.36. The summed E-state index contributed by atoms with van der Waals surface area (Å²) in [5.74, 6) is 0.658. The Hall–Kier alpha value is -2.01. The van der Waals surface area contributed by atoms with Crippen molar-refractivity contribution in [3.8, 4) is 17.4 Å². The average Bonchev–Trinajstić information content (AvgIpc) is 2.61. The molecule has 2 aromatic rings. The van der Waals surface area contributed by atoms with Crippen LogP contribution in [-0.2, 0) is 0 Å². The molecule has 0 atom stereocenters. The molecule has 2 rings (SSSR count). The number of nitriles is 1. The average molecular weight is 183 g/mol. The van der Waals surface area contributed by atoms with E-state index in [1.54, 1.807) is 6.26 Å². The number of hydrogen-bond donors (Lipinski definition) is 0. The SMILES string of the molecule is Cc1coc(-c2ccccc2)c1C#N. The predicted molar refractivity (Wildman–Crippen MR) is 53.6 cm³/mol. The Morgan fingerprint density at radius 3 is 2.57 bits per heavy atom. The van der Waals surface area contributed by atoms with Crippen molar-refractivity contribution in [3.05, 3.63) is 47.7 Å². The lowest BCUT2D eigenvalue weighted by Crippen LogP contribution is -1.79. The molecule has 0 fully saturated rings. The second kappa shape index (κ2) is 3.39. The number of benzene rings is 1. The van der Waals surface area contributed by atoms with E-state index < -0.39 is 0 Å². The molecule has 68 valence electrons. The molecular weight excluding hydrogens is 174 g/mol. The van der Waals surface area contributed by atoms with Gasteiger partial charge in [0.05, 0.1) is 6.26 Å². The van der Waals surface area contributed by atoms with Gasteiger partial charge in [-0.1, -0.05) is 30.3 Å². The molecule has 0 saturated carbocycles. The van der Waals surface area contributed by atoms with Crippen LogP contribution in [0.15, 0.2) is 41.0 Å². The molecule has 0 aliphatic carbocycles. The van der Waals surface area contributed by atoms with E-state index in [0.717, 1.165) is 11.1 Å². The van der Waals surface area contributed by atoms with E-state index in [0.29, 0.717) is 11.3 Å². The lowest BCUT2D eigenvalue weighted by molar-refractivity contribution is 0.580. The fraction of sp³-hybridized carbons (Fsp3) is 0.0833. The van der Waals surface area contributed by atoms with Gasteiger partial charge in [0, 0.05) is 11.1 Å². The van der Waals surface area contributed by atoms with Crippen LogP contribution >= 0.6 is 0 Å². The highest BCUT2D eigenvalue weighted by atomic mass is 16.3. The van der Waals surface area contributed by atoms with Crippen molar-refractivity contribution in [3.63, 3.8) is 0 Å². The molecule has 0 aliphatic heterocycles. The van der Waals surface area contributed by atoms with Gasteiger partial charge in [0.15, 0.2) is 5.76 Å². The number of hydrogen-bond acceptors (Lipinski definition) is 2. The minimum absolute atomic E-state index is 0.621. The summed E-state index contributed by atoms with van der Waals surface area (Å²) in [7, 11) is 0. The second-order valence-electron chi connectivity index (χ2n) is 3.10. The molecule has 0 N–H and O–H groups in total. The molecule has 0 amide bonds. The van der Waals surface area contributed by atoms with E-state index in [-0.39, 0.29) is 0 Å². The Bertz CT molecular complexity index is 477. The van der Waals surface area contributed by atoms with Crippen LogP contribution in [0.3, 0.4) is 0 Å². The Morgan fingerprint density at radius 2 is 1.93 bits per heavy atom. The summed E-state index contributed by atoms with van der Waals surface area (Å²) in [5.41, 5.74) is 2.44. The molecule has 2 heteroatoms. The lowest BCUT2D eigenvalue weighted by Gasteiger charge is -1.95. The fourth-order valence-electron chi connectivity index (χ4n) is 1.39. The monoisotopic (exact) mass is 183 g/mol. The number of furan rings is 1. The molecule has 1 heterocycles. The highest BCUT2D eigenvalue weighted by Crippen LogP contribution is 2.26. The standard InChI is InChI=1S/C12H9NO/c1-9-8-14-12(11(9)7-13)10-5-3-2-4-6-10/h2-6,8H,1H3. The van der Waals surface area contributed by atoms with E-state index in [4.69, 9.17) is 9.68 Å². The lowest BCUT2D eigenvalue weighted by atomic mass is 10.1. The van der Waals surface area contributed by atoms with Gasteiger partial charge in [-0.25, -0.2) is 0 Å². The largest absolute Gasteiger partial charge is 0.463 e. The van der Waals surface area contributed by atoms with Gasteiger partial charge >= 0.3 is 0 Å². The molecule has 0 saturated heterocycles. The summed E-state index contributed by atoms with van der Waals surface area (Å²) in [4.78, 5) is 0. The summed E-state index contributed by atoms with van der Waals surface area (Å²) in [6, 6.07) is 11.8. The van der Waals surface area contributed by atoms with Crippen molar-refractivity contribution in [1.82, 2.24) is 0 Å². The van der Waals surface area contributed by atoms with Crippen LogP contribution in [0, 0.1) is 18.3 Å². The first-order valence-corrected chi connectivity index (χ1v) is 4.36. The van der Waals surface area contributed by atoms with Crippen LogP contribution in [0.4, 0.5) is 0 Å². The number of nitrogens with zero attached hydrogens (tertiary/aromatic N) is 1. The molecule has 0 spiro atoms. The molecule has 1 aromatic carbocycles. The number of aryl methyl sites for hydroxylation is 1. The van der Waals surface area contributed by atoms with Crippen LogP contribution in [0.1, 0.15) is 11.1 Å². The molecular formula is C12H9NO. The molecule has 0 bridgehead atoms. The van der Waals surface area contributed by atoms with Crippen molar-refractivity contribution in [2.45, 2.75) is 6.92 Å². The Balaban J connectivity index is 2.59. The maximum absolute atomic E-state index is 8.94. The summed E-state index contributed by atoms with van der Waals surface area (Å²) < 4.78 is 5.35. The van der Waals surface area contributed by atoms with E-state index in [1.165, 1.54) is 0 Å². The number of rotatable bonds is 1. The van der Waals surface area contributed by atoms with E-state index >= 15 is 0 Å². The third kappa shape index (κ3) is 1.29. The second-order valence-corrected chi connectivity index (χ2v) is 3.10. The summed E-state index contributed by atoms with van der Waals surface area (Å²) in [6.45, 7) is 1.87. The van der Waals surface area contributed by atoms with Crippen molar-refractivity contribution in [2.75, 3.05) is 0 Å². The van der Waals surface area contributed by atoms with Crippen LogP contribution < -0.4 is 0 Å². The Morgan fingerprint density at radius 1 is 1.21 bits per heavy atom. The van der Waals surface area contributed by atoms with Crippen molar-refractivity contribution in [1.29, 1.82) is 5.26 Å². The van der Waals surface area contributed by atoms with Crippen LogP contribution in [0.5, 0.6) is 0 Å². The highest BCUT2D eigenvalue weighted by Gasteiger charge is 2.11. The van der Waals surface area contributed by atoms with Gasteiger partial charge in [-0.3, -0.25) is 0 Å². The summed E-state index contributed by atoms with van der Waals surface area (Å²) in [6.07, 6.45) is 1.61. The first-order chi connectivity index (χ1) is 6.83. The molecule has 0 unspecified atom stereocenters. The van der Waals surface area contributed by atoms with E-state index in [1.807, 2.05) is 37.3 Å². The highest BCUT2D eigenvalue weighted by molar-refractivity contribution is 5.66. The van der Waals surface area contributed by atoms with Crippen molar-refractivity contribution in [2.24, 2.45) is 0 Å². The van der Waals surface area contributed by atoms with Crippen molar-refractivity contribution < 1.29 is 4.42 Å². The quantitative estimate of drug-likeness (QED) is 0.681. The van der Waals surface area contributed by atoms with Gasteiger partial charge in [0.25, 0.3) is 0 Å². The minimum atomic E-state index is 0.621. The molecule has 2 nitrogen and oxygen atoms in total. The zero-order valence-electron chi connectivity index (χ0n) is 7.82. The van der Waals surface area contributed by atoms with E-state index in [9.17, 15) is 0 Å². The van der Waals surface area contributed by atoms with Crippen molar-refractivity contribution >= 4 is 0 Å². The zero-order valence-corrected chi connectivity index (χ0v) is 7.82. The van der Waals surface area contributed by atoms with Gasteiger partial charge < -0.3 is 4.42 Å². The maximum atomic E-state index is 8.94. The van der Waals surface area contributed by atoms with Crippen LogP contribution in [0.2, 0.25) is 0 Å². The molecule has 1 aromatic heterocycles.